The zero-order chi connectivity index (χ0) is 17.1. The molecule has 1 aromatic carbocycles. The first kappa shape index (κ1) is 19.5. The monoisotopic (exact) mass is 382 g/mol. The van der Waals surface area contributed by atoms with Crippen LogP contribution in [-0.2, 0) is 0 Å². The zero-order valence-electron chi connectivity index (χ0n) is 14.2. The third kappa shape index (κ3) is 8.59. The van der Waals surface area contributed by atoms with Crippen molar-refractivity contribution in [1.29, 1.82) is 0 Å². The number of nitrogens with one attached hydrogen (secondary N) is 3. The van der Waals surface area contributed by atoms with E-state index in [1.807, 2.05) is 25.1 Å². The summed E-state index contributed by atoms with van der Waals surface area (Å²) in [7, 11) is 0. The van der Waals surface area contributed by atoms with E-state index in [4.69, 9.17) is 0 Å². The third-order valence-corrected chi connectivity index (χ3v) is 3.47. The number of hydrogen-bond donors (Lipinski definition) is 3. The average molecular weight is 383 g/mol. The molecule has 1 aromatic rings. The van der Waals surface area contributed by atoms with Gasteiger partial charge in [-0.3, -0.25) is 9.79 Å². The number of aliphatic imine (C=N–C) groups is 1. The molecule has 0 aliphatic carbocycles. The molecule has 0 saturated heterocycles. The van der Waals surface area contributed by atoms with Crippen LogP contribution in [0.25, 0.3) is 0 Å². The van der Waals surface area contributed by atoms with E-state index in [1.54, 1.807) is 6.07 Å². The predicted molar refractivity (Wildman–Crippen MR) is 99.9 cm³/mol. The number of carbonyl (C=O) groups is 1. The lowest BCUT2D eigenvalue weighted by molar-refractivity contribution is 0.0953. The topological polar surface area (TPSA) is 65.5 Å². The number of hydrogen-bond acceptors (Lipinski definition) is 2. The standard InChI is InChI=1S/C17H27BrN4O/c1-4-19-17(22-12-13(2)3)21-10-6-9-20-16(23)14-7-5-8-15(18)11-14/h5,7-8,11,13H,4,6,9-10,12H2,1-3H3,(H,20,23)(H2,19,21,22). The van der Waals surface area contributed by atoms with Gasteiger partial charge >= 0.3 is 0 Å². The normalized spacial score (nSPS) is 11.4. The van der Waals surface area contributed by atoms with Crippen LogP contribution in [0.15, 0.2) is 33.7 Å². The summed E-state index contributed by atoms with van der Waals surface area (Å²) in [4.78, 5) is 16.5. The Kier molecular flexibility index (Phi) is 9.36. The maximum Gasteiger partial charge on any atom is 0.251 e. The van der Waals surface area contributed by atoms with Crippen LogP contribution in [0, 0.1) is 5.92 Å². The molecule has 0 atom stereocenters. The summed E-state index contributed by atoms with van der Waals surface area (Å²) in [6.45, 7) is 9.36. The average Bonchev–Trinajstić information content (AvgIpc) is 2.51. The van der Waals surface area contributed by atoms with Crippen LogP contribution < -0.4 is 16.0 Å². The van der Waals surface area contributed by atoms with Gasteiger partial charge in [-0.1, -0.05) is 35.8 Å². The van der Waals surface area contributed by atoms with Crippen LogP contribution >= 0.6 is 15.9 Å². The van der Waals surface area contributed by atoms with Gasteiger partial charge in [0.15, 0.2) is 5.96 Å². The van der Waals surface area contributed by atoms with Gasteiger partial charge in [-0.2, -0.15) is 0 Å². The van der Waals surface area contributed by atoms with Crippen LogP contribution in [0.1, 0.15) is 37.6 Å². The Morgan fingerprint density at radius 1 is 1.22 bits per heavy atom. The Morgan fingerprint density at radius 3 is 2.61 bits per heavy atom. The highest BCUT2D eigenvalue weighted by Crippen LogP contribution is 2.11. The lowest BCUT2D eigenvalue weighted by Gasteiger charge is -2.12. The lowest BCUT2D eigenvalue weighted by Crippen LogP contribution is -2.39. The van der Waals surface area contributed by atoms with Gasteiger partial charge in [-0.05, 0) is 37.5 Å². The van der Waals surface area contributed by atoms with Gasteiger partial charge in [-0.15, -0.1) is 0 Å². The SMILES string of the molecule is CCNC(=NCC(C)C)NCCCNC(=O)c1cccc(Br)c1. The van der Waals surface area contributed by atoms with Gasteiger partial charge in [-0.25, -0.2) is 0 Å². The fourth-order valence-corrected chi connectivity index (χ4v) is 2.24. The quantitative estimate of drug-likeness (QED) is 0.368. The zero-order valence-corrected chi connectivity index (χ0v) is 15.7. The number of benzene rings is 1. The van der Waals surface area contributed by atoms with Crippen LogP contribution in [-0.4, -0.2) is 38.0 Å². The molecule has 0 aromatic heterocycles. The van der Waals surface area contributed by atoms with E-state index in [-0.39, 0.29) is 5.91 Å². The van der Waals surface area contributed by atoms with E-state index in [9.17, 15) is 4.79 Å². The molecule has 0 bridgehead atoms. The molecule has 128 valence electrons. The molecule has 5 nitrogen and oxygen atoms in total. The van der Waals surface area contributed by atoms with E-state index < -0.39 is 0 Å². The molecule has 6 heteroatoms. The van der Waals surface area contributed by atoms with Crippen molar-refractivity contribution in [2.24, 2.45) is 10.9 Å². The maximum atomic E-state index is 12.0. The van der Waals surface area contributed by atoms with E-state index in [0.717, 1.165) is 36.5 Å². The number of halogens is 1. The van der Waals surface area contributed by atoms with Crippen molar-refractivity contribution < 1.29 is 4.79 Å². The molecule has 0 radical (unpaired) electrons. The smallest absolute Gasteiger partial charge is 0.251 e. The van der Waals surface area contributed by atoms with Gasteiger partial charge in [0, 0.05) is 36.2 Å². The Balaban J connectivity index is 2.28. The van der Waals surface area contributed by atoms with Crippen LogP contribution in [0.2, 0.25) is 0 Å². The van der Waals surface area contributed by atoms with Crippen molar-refractivity contribution in [3.05, 3.63) is 34.3 Å². The van der Waals surface area contributed by atoms with Crippen molar-refractivity contribution in [1.82, 2.24) is 16.0 Å². The van der Waals surface area contributed by atoms with Gasteiger partial charge in [0.05, 0.1) is 0 Å². The van der Waals surface area contributed by atoms with Crippen molar-refractivity contribution >= 4 is 27.8 Å². The fourth-order valence-electron chi connectivity index (χ4n) is 1.84. The molecule has 0 aliphatic rings. The highest BCUT2D eigenvalue weighted by atomic mass is 79.9. The van der Waals surface area contributed by atoms with Crippen molar-refractivity contribution in [2.75, 3.05) is 26.2 Å². The van der Waals surface area contributed by atoms with Crippen molar-refractivity contribution in [3.63, 3.8) is 0 Å². The minimum Gasteiger partial charge on any atom is -0.357 e. The summed E-state index contributed by atoms with van der Waals surface area (Å²) in [5.74, 6) is 1.32. The number of guanidine groups is 1. The minimum absolute atomic E-state index is 0.0494. The Labute approximate surface area is 147 Å². The van der Waals surface area contributed by atoms with E-state index in [1.165, 1.54) is 0 Å². The molecule has 1 amide bonds. The Bertz CT molecular complexity index is 517. The van der Waals surface area contributed by atoms with Crippen LogP contribution in [0.4, 0.5) is 0 Å². The summed E-state index contributed by atoms with van der Waals surface area (Å²) in [5.41, 5.74) is 0.666. The molecule has 0 aliphatic heterocycles. The summed E-state index contributed by atoms with van der Waals surface area (Å²) in [5, 5.41) is 9.42. The summed E-state index contributed by atoms with van der Waals surface area (Å²) < 4.78 is 0.906. The second kappa shape index (κ2) is 11.0. The molecular formula is C17H27BrN4O. The molecule has 0 heterocycles. The van der Waals surface area contributed by atoms with Crippen LogP contribution in [0.5, 0.6) is 0 Å². The number of nitrogens with zero attached hydrogens (tertiary/aromatic N) is 1. The minimum atomic E-state index is -0.0494. The van der Waals surface area contributed by atoms with Gasteiger partial charge in [0.2, 0.25) is 0 Å². The van der Waals surface area contributed by atoms with Crippen molar-refractivity contribution in [3.8, 4) is 0 Å². The second-order valence-corrected chi connectivity index (χ2v) is 6.58. The number of rotatable bonds is 8. The first-order valence-electron chi connectivity index (χ1n) is 8.09. The van der Waals surface area contributed by atoms with Crippen molar-refractivity contribution in [2.45, 2.75) is 27.2 Å². The largest absolute Gasteiger partial charge is 0.357 e. The highest BCUT2D eigenvalue weighted by Gasteiger charge is 2.04. The predicted octanol–water partition coefficient (Wildman–Crippen LogP) is 2.78. The Morgan fingerprint density at radius 2 is 1.96 bits per heavy atom. The number of carbonyl (C=O) groups excluding carboxylic acids is 1. The summed E-state index contributed by atoms with van der Waals surface area (Å²) in [6, 6.07) is 7.38. The Hall–Kier alpha value is -1.56. The van der Waals surface area contributed by atoms with E-state index >= 15 is 0 Å². The van der Waals surface area contributed by atoms with E-state index in [0.29, 0.717) is 18.0 Å². The maximum absolute atomic E-state index is 12.0. The molecule has 23 heavy (non-hydrogen) atoms. The highest BCUT2D eigenvalue weighted by molar-refractivity contribution is 9.10. The van der Waals surface area contributed by atoms with Gasteiger partial charge < -0.3 is 16.0 Å². The first-order valence-corrected chi connectivity index (χ1v) is 8.88. The second-order valence-electron chi connectivity index (χ2n) is 5.66. The third-order valence-electron chi connectivity index (χ3n) is 2.98. The van der Waals surface area contributed by atoms with E-state index in [2.05, 4.69) is 50.7 Å². The fraction of sp³-hybridized carbons (Fsp3) is 0.529. The number of amides is 1. The molecule has 1 rings (SSSR count). The lowest BCUT2D eigenvalue weighted by atomic mass is 10.2. The molecule has 0 fully saturated rings. The van der Waals surface area contributed by atoms with Gasteiger partial charge in [0.25, 0.3) is 5.91 Å². The first-order chi connectivity index (χ1) is 11.0. The molecule has 0 saturated carbocycles. The summed E-state index contributed by atoms with van der Waals surface area (Å²) in [6.07, 6.45) is 0.839. The summed E-state index contributed by atoms with van der Waals surface area (Å²) >= 11 is 3.37. The van der Waals surface area contributed by atoms with Crippen LogP contribution in [0.3, 0.4) is 0 Å². The molecule has 3 N–H and O–H groups in total. The van der Waals surface area contributed by atoms with Gasteiger partial charge in [0.1, 0.15) is 0 Å². The molecular weight excluding hydrogens is 356 g/mol. The molecule has 0 unspecified atom stereocenters. The molecule has 0 spiro atoms.